The SMILES string of the molecule is COc1ccc(Cl)cc1NC(=O)Nc1nnc(N2[C@H](C)CCC[C@@H]2C)s1. The number of urea groups is 1. The van der Waals surface area contributed by atoms with Crippen LogP contribution in [-0.2, 0) is 0 Å². The summed E-state index contributed by atoms with van der Waals surface area (Å²) in [5, 5.41) is 15.6. The van der Waals surface area contributed by atoms with Crippen molar-refractivity contribution in [1.29, 1.82) is 0 Å². The lowest BCUT2D eigenvalue weighted by Crippen LogP contribution is -2.43. The van der Waals surface area contributed by atoms with Gasteiger partial charge in [0, 0.05) is 17.1 Å². The Morgan fingerprint density at radius 1 is 1.27 bits per heavy atom. The average molecular weight is 396 g/mol. The number of nitrogens with zero attached hydrogens (tertiary/aromatic N) is 3. The van der Waals surface area contributed by atoms with Crippen LogP contribution in [0.25, 0.3) is 0 Å². The van der Waals surface area contributed by atoms with Gasteiger partial charge in [-0.25, -0.2) is 4.79 Å². The van der Waals surface area contributed by atoms with Gasteiger partial charge >= 0.3 is 6.03 Å². The van der Waals surface area contributed by atoms with Crippen LogP contribution in [0.15, 0.2) is 18.2 Å². The normalized spacial score (nSPS) is 19.9. The fourth-order valence-electron chi connectivity index (χ4n) is 3.20. The van der Waals surface area contributed by atoms with Crippen LogP contribution >= 0.6 is 22.9 Å². The fraction of sp³-hybridized carbons (Fsp3) is 0.471. The Balaban J connectivity index is 1.67. The molecule has 1 aromatic heterocycles. The number of ether oxygens (including phenoxy) is 1. The highest BCUT2D eigenvalue weighted by atomic mass is 35.5. The third-order valence-corrected chi connectivity index (χ3v) is 5.55. The summed E-state index contributed by atoms with van der Waals surface area (Å²) in [6.45, 7) is 4.39. The Kier molecular flexibility index (Phi) is 5.83. The van der Waals surface area contributed by atoms with Gasteiger partial charge in [-0.2, -0.15) is 0 Å². The number of aromatic nitrogens is 2. The zero-order chi connectivity index (χ0) is 18.7. The van der Waals surface area contributed by atoms with Crippen molar-refractivity contribution in [2.24, 2.45) is 0 Å². The van der Waals surface area contributed by atoms with E-state index in [4.69, 9.17) is 16.3 Å². The van der Waals surface area contributed by atoms with Gasteiger partial charge in [0.05, 0.1) is 12.8 Å². The number of benzene rings is 1. The third-order valence-electron chi connectivity index (χ3n) is 4.46. The highest BCUT2D eigenvalue weighted by Crippen LogP contribution is 2.33. The van der Waals surface area contributed by atoms with Gasteiger partial charge in [0.15, 0.2) is 0 Å². The Morgan fingerprint density at radius 2 is 2.00 bits per heavy atom. The summed E-state index contributed by atoms with van der Waals surface area (Å²) < 4.78 is 5.23. The molecule has 0 radical (unpaired) electrons. The maximum atomic E-state index is 12.3. The summed E-state index contributed by atoms with van der Waals surface area (Å²) in [6, 6.07) is 5.44. The van der Waals surface area contributed by atoms with E-state index >= 15 is 0 Å². The molecule has 0 aliphatic carbocycles. The number of anilines is 3. The van der Waals surface area contributed by atoms with Crippen LogP contribution in [0.1, 0.15) is 33.1 Å². The lowest BCUT2D eigenvalue weighted by molar-refractivity contribution is 0.262. The Hall–Kier alpha value is -2.06. The monoisotopic (exact) mass is 395 g/mol. The molecule has 9 heteroatoms. The molecular weight excluding hydrogens is 374 g/mol. The molecule has 0 unspecified atom stereocenters. The van der Waals surface area contributed by atoms with E-state index in [0.717, 1.165) is 18.0 Å². The number of hydrogen-bond donors (Lipinski definition) is 2. The maximum absolute atomic E-state index is 12.3. The Bertz CT molecular complexity index is 774. The second kappa shape index (κ2) is 8.09. The zero-order valence-electron chi connectivity index (χ0n) is 15.0. The number of methoxy groups -OCH3 is 1. The minimum absolute atomic E-state index is 0.420. The predicted octanol–water partition coefficient (Wildman–Crippen LogP) is 4.61. The lowest BCUT2D eigenvalue weighted by atomic mass is 9.98. The molecule has 140 valence electrons. The first-order valence-corrected chi connectivity index (χ1v) is 9.70. The van der Waals surface area contributed by atoms with Crippen molar-refractivity contribution < 1.29 is 9.53 Å². The van der Waals surface area contributed by atoms with Crippen LogP contribution in [0.5, 0.6) is 5.75 Å². The van der Waals surface area contributed by atoms with E-state index in [1.807, 2.05) is 0 Å². The van der Waals surface area contributed by atoms with Crippen LogP contribution in [0, 0.1) is 0 Å². The number of rotatable bonds is 4. The molecule has 1 aromatic carbocycles. The van der Waals surface area contributed by atoms with Crippen molar-refractivity contribution in [2.45, 2.75) is 45.2 Å². The second-order valence-corrected chi connectivity index (χ2v) is 7.74. The van der Waals surface area contributed by atoms with Crippen LogP contribution in [0.2, 0.25) is 5.02 Å². The predicted molar refractivity (Wildman–Crippen MR) is 106 cm³/mol. The molecule has 1 aliphatic heterocycles. The molecule has 2 atom stereocenters. The highest BCUT2D eigenvalue weighted by molar-refractivity contribution is 7.19. The van der Waals surface area contributed by atoms with E-state index in [1.54, 1.807) is 18.2 Å². The van der Waals surface area contributed by atoms with Crippen molar-refractivity contribution in [3.63, 3.8) is 0 Å². The van der Waals surface area contributed by atoms with E-state index in [1.165, 1.54) is 24.9 Å². The van der Waals surface area contributed by atoms with E-state index in [2.05, 4.69) is 39.6 Å². The van der Waals surface area contributed by atoms with E-state index < -0.39 is 6.03 Å². The molecule has 7 nitrogen and oxygen atoms in total. The molecule has 0 spiro atoms. The number of piperidine rings is 1. The molecular formula is C17H22ClN5O2S. The lowest BCUT2D eigenvalue weighted by Gasteiger charge is -2.38. The molecule has 1 fully saturated rings. The number of carbonyl (C=O) groups is 1. The highest BCUT2D eigenvalue weighted by Gasteiger charge is 2.27. The number of amides is 2. The summed E-state index contributed by atoms with van der Waals surface area (Å²) in [6.07, 6.45) is 3.51. The topological polar surface area (TPSA) is 79.4 Å². The molecule has 26 heavy (non-hydrogen) atoms. The van der Waals surface area contributed by atoms with Gasteiger partial charge in [-0.3, -0.25) is 5.32 Å². The van der Waals surface area contributed by atoms with Crippen LogP contribution in [0.4, 0.5) is 20.7 Å². The average Bonchev–Trinajstić information content (AvgIpc) is 3.02. The van der Waals surface area contributed by atoms with Crippen LogP contribution < -0.4 is 20.3 Å². The molecule has 2 heterocycles. The number of hydrogen-bond acceptors (Lipinski definition) is 6. The van der Waals surface area contributed by atoms with Crippen molar-refractivity contribution >= 4 is 44.9 Å². The van der Waals surface area contributed by atoms with E-state index in [-0.39, 0.29) is 0 Å². The van der Waals surface area contributed by atoms with Gasteiger partial charge in [-0.15, -0.1) is 10.2 Å². The second-order valence-electron chi connectivity index (χ2n) is 6.35. The molecule has 3 rings (SSSR count). The van der Waals surface area contributed by atoms with E-state index in [9.17, 15) is 4.79 Å². The first-order valence-electron chi connectivity index (χ1n) is 8.51. The van der Waals surface area contributed by atoms with Gasteiger partial charge in [0.2, 0.25) is 10.3 Å². The first-order chi connectivity index (χ1) is 12.5. The number of nitrogens with one attached hydrogen (secondary N) is 2. The summed E-state index contributed by atoms with van der Waals surface area (Å²) in [7, 11) is 1.53. The maximum Gasteiger partial charge on any atom is 0.325 e. The summed E-state index contributed by atoms with van der Waals surface area (Å²) in [5.41, 5.74) is 0.487. The summed E-state index contributed by atoms with van der Waals surface area (Å²) in [4.78, 5) is 14.6. The minimum atomic E-state index is -0.423. The van der Waals surface area contributed by atoms with Gasteiger partial charge in [0.25, 0.3) is 0 Å². The molecule has 2 N–H and O–H groups in total. The standard InChI is InChI=1S/C17H22ClN5O2S/c1-10-5-4-6-11(2)23(10)17-22-21-16(26-17)20-15(24)19-13-9-12(18)7-8-14(13)25-3/h7-11H,4-6H2,1-3H3,(H2,19,20,21,24)/t10-,11+. The van der Waals surface area contributed by atoms with Gasteiger partial charge in [-0.05, 0) is 51.3 Å². The number of carbonyl (C=O) groups excluding carboxylic acids is 1. The first kappa shape index (κ1) is 18.7. The number of halogens is 1. The summed E-state index contributed by atoms with van der Waals surface area (Å²) >= 11 is 7.35. The van der Waals surface area contributed by atoms with Crippen LogP contribution in [0.3, 0.4) is 0 Å². The summed E-state index contributed by atoms with van der Waals surface area (Å²) in [5.74, 6) is 0.526. The van der Waals surface area contributed by atoms with Gasteiger partial charge in [-0.1, -0.05) is 22.9 Å². The fourth-order valence-corrected chi connectivity index (χ4v) is 4.31. The quantitative estimate of drug-likeness (QED) is 0.790. The van der Waals surface area contributed by atoms with Crippen molar-refractivity contribution in [3.8, 4) is 5.75 Å². The van der Waals surface area contributed by atoms with Crippen molar-refractivity contribution in [3.05, 3.63) is 23.2 Å². The molecule has 0 saturated carbocycles. The molecule has 2 aromatic rings. The Morgan fingerprint density at radius 3 is 2.69 bits per heavy atom. The molecule has 1 saturated heterocycles. The zero-order valence-corrected chi connectivity index (χ0v) is 16.5. The van der Waals surface area contributed by atoms with Crippen molar-refractivity contribution in [1.82, 2.24) is 10.2 Å². The van der Waals surface area contributed by atoms with Gasteiger partial charge < -0.3 is 15.0 Å². The largest absolute Gasteiger partial charge is 0.495 e. The minimum Gasteiger partial charge on any atom is -0.495 e. The Labute approximate surface area is 161 Å². The smallest absolute Gasteiger partial charge is 0.325 e. The van der Waals surface area contributed by atoms with E-state index in [0.29, 0.717) is 33.7 Å². The molecule has 2 amide bonds. The molecule has 0 bridgehead atoms. The molecule has 1 aliphatic rings. The van der Waals surface area contributed by atoms with Gasteiger partial charge in [0.1, 0.15) is 5.75 Å². The van der Waals surface area contributed by atoms with Crippen molar-refractivity contribution in [2.75, 3.05) is 22.6 Å². The van der Waals surface area contributed by atoms with Crippen LogP contribution in [-0.4, -0.2) is 35.4 Å². The third kappa shape index (κ3) is 4.19.